The van der Waals surface area contributed by atoms with Gasteiger partial charge in [-0.15, -0.1) is 0 Å². The molecule has 5 nitrogen and oxygen atoms in total. The summed E-state index contributed by atoms with van der Waals surface area (Å²) in [6, 6.07) is 8.37. The van der Waals surface area contributed by atoms with Gasteiger partial charge < -0.3 is 4.74 Å². The van der Waals surface area contributed by atoms with Crippen LogP contribution in [0.3, 0.4) is 0 Å². The van der Waals surface area contributed by atoms with Crippen molar-refractivity contribution in [1.29, 1.82) is 0 Å². The second-order valence-electron chi connectivity index (χ2n) is 6.80. The zero-order valence-corrected chi connectivity index (χ0v) is 15.6. The molecule has 1 aromatic carbocycles. The molecular formula is C21H18F3N3O2. The van der Waals surface area contributed by atoms with Gasteiger partial charge in [-0.3, -0.25) is 4.98 Å². The lowest BCUT2D eigenvalue weighted by molar-refractivity contribution is -0.137. The Labute approximate surface area is 165 Å². The van der Waals surface area contributed by atoms with E-state index >= 15 is 0 Å². The number of rotatable bonds is 5. The van der Waals surface area contributed by atoms with E-state index in [-0.39, 0.29) is 18.2 Å². The molecule has 0 atom stereocenters. The highest BCUT2D eigenvalue weighted by Crippen LogP contribution is 2.45. The van der Waals surface area contributed by atoms with Crippen molar-refractivity contribution in [1.82, 2.24) is 14.8 Å². The SMILES string of the molecule is CCOC(=O)c1c(-c2ccncc2)nn(-c2cccc(C(F)(F)F)c2)c1C1CC1. The van der Waals surface area contributed by atoms with Gasteiger partial charge in [0.1, 0.15) is 11.3 Å². The third kappa shape index (κ3) is 3.74. The molecule has 150 valence electrons. The highest BCUT2D eigenvalue weighted by Gasteiger charge is 2.37. The van der Waals surface area contributed by atoms with Crippen molar-refractivity contribution in [2.75, 3.05) is 6.61 Å². The smallest absolute Gasteiger partial charge is 0.416 e. The molecule has 0 radical (unpaired) electrons. The monoisotopic (exact) mass is 401 g/mol. The van der Waals surface area contributed by atoms with Crippen LogP contribution < -0.4 is 0 Å². The predicted molar refractivity (Wildman–Crippen MR) is 99.7 cm³/mol. The molecular weight excluding hydrogens is 383 g/mol. The molecule has 1 aliphatic rings. The summed E-state index contributed by atoms with van der Waals surface area (Å²) >= 11 is 0. The molecule has 1 aliphatic carbocycles. The maximum atomic E-state index is 13.2. The molecule has 4 rings (SSSR count). The Morgan fingerprint density at radius 1 is 1.21 bits per heavy atom. The van der Waals surface area contributed by atoms with Gasteiger partial charge in [0.05, 0.1) is 23.6 Å². The van der Waals surface area contributed by atoms with Crippen molar-refractivity contribution < 1.29 is 22.7 Å². The van der Waals surface area contributed by atoms with Crippen molar-refractivity contribution in [3.63, 3.8) is 0 Å². The van der Waals surface area contributed by atoms with Crippen LogP contribution in [-0.2, 0) is 10.9 Å². The molecule has 1 saturated carbocycles. The number of hydrogen-bond acceptors (Lipinski definition) is 4. The highest BCUT2D eigenvalue weighted by molar-refractivity contribution is 5.98. The van der Waals surface area contributed by atoms with Crippen LogP contribution in [0.1, 0.15) is 47.3 Å². The summed E-state index contributed by atoms with van der Waals surface area (Å²) in [6.45, 7) is 1.89. The van der Waals surface area contributed by atoms with Crippen molar-refractivity contribution in [3.8, 4) is 16.9 Å². The molecule has 0 aliphatic heterocycles. The molecule has 0 spiro atoms. The number of benzene rings is 1. The second-order valence-corrected chi connectivity index (χ2v) is 6.80. The minimum atomic E-state index is -4.47. The van der Waals surface area contributed by atoms with Crippen LogP contribution in [0, 0.1) is 0 Å². The summed E-state index contributed by atoms with van der Waals surface area (Å²) < 4.78 is 46.4. The minimum absolute atomic E-state index is 0.0482. The van der Waals surface area contributed by atoms with E-state index in [9.17, 15) is 18.0 Å². The number of ether oxygens (including phenoxy) is 1. The number of esters is 1. The molecule has 0 N–H and O–H groups in total. The molecule has 3 aromatic rings. The maximum Gasteiger partial charge on any atom is 0.416 e. The Hall–Kier alpha value is -3.16. The van der Waals surface area contributed by atoms with E-state index in [4.69, 9.17) is 4.74 Å². The van der Waals surface area contributed by atoms with E-state index in [0.29, 0.717) is 22.5 Å². The predicted octanol–water partition coefficient (Wildman–Crippen LogP) is 5.01. The number of pyridine rings is 1. The van der Waals surface area contributed by atoms with Crippen LogP contribution in [0.2, 0.25) is 0 Å². The topological polar surface area (TPSA) is 57.0 Å². The fourth-order valence-corrected chi connectivity index (χ4v) is 3.29. The summed E-state index contributed by atoms with van der Waals surface area (Å²) in [6.07, 6.45) is 0.356. The van der Waals surface area contributed by atoms with Gasteiger partial charge in [-0.05, 0) is 50.1 Å². The Kier molecular flexibility index (Phi) is 4.86. The van der Waals surface area contributed by atoms with Gasteiger partial charge in [-0.25, -0.2) is 9.48 Å². The van der Waals surface area contributed by atoms with E-state index in [1.165, 1.54) is 10.7 Å². The third-order valence-corrected chi connectivity index (χ3v) is 4.74. The highest BCUT2D eigenvalue weighted by atomic mass is 19.4. The number of alkyl halides is 3. The van der Waals surface area contributed by atoms with Gasteiger partial charge in [-0.1, -0.05) is 6.07 Å². The van der Waals surface area contributed by atoms with Crippen LogP contribution in [0.25, 0.3) is 16.9 Å². The van der Waals surface area contributed by atoms with E-state index in [1.54, 1.807) is 37.5 Å². The summed E-state index contributed by atoms with van der Waals surface area (Å²) in [4.78, 5) is 16.8. The van der Waals surface area contributed by atoms with E-state index < -0.39 is 17.7 Å². The lowest BCUT2D eigenvalue weighted by Gasteiger charge is -2.11. The number of carbonyl (C=O) groups is 1. The van der Waals surface area contributed by atoms with Crippen LogP contribution in [0.5, 0.6) is 0 Å². The number of nitrogens with zero attached hydrogens (tertiary/aromatic N) is 3. The summed E-state index contributed by atoms with van der Waals surface area (Å²) in [7, 11) is 0. The summed E-state index contributed by atoms with van der Waals surface area (Å²) in [5.41, 5.74) is 1.41. The van der Waals surface area contributed by atoms with E-state index in [2.05, 4.69) is 10.1 Å². The zero-order chi connectivity index (χ0) is 20.6. The largest absolute Gasteiger partial charge is 0.462 e. The molecule has 0 saturated heterocycles. The Balaban J connectivity index is 1.95. The molecule has 0 bridgehead atoms. The zero-order valence-electron chi connectivity index (χ0n) is 15.6. The van der Waals surface area contributed by atoms with Crippen LogP contribution in [0.15, 0.2) is 48.8 Å². The first-order valence-corrected chi connectivity index (χ1v) is 9.28. The first-order valence-electron chi connectivity index (χ1n) is 9.28. The van der Waals surface area contributed by atoms with Crippen molar-refractivity contribution in [2.24, 2.45) is 0 Å². The average Bonchev–Trinajstić information content (AvgIpc) is 3.47. The fraction of sp³-hybridized carbons (Fsp3) is 0.286. The first kappa shape index (κ1) is 19.2. The third-order valence-electron chi connectivity index (χ3n) is 4.74. The van der Waals surface area contributed by atoms with Crippen molar-refractivity contribution >= 4 is 5.97 Å². The molecule has 2 heterocycles. The fourth-order valence-electron chi connectivity index (χ4n) is 3.29. The van der Waals surface area contributed by atoms with Gasteiger partial charge >= 0.3 is 12.1 Å². The first-order chi connectivity index (χ1) is 13.9. The van der Waals surface area contributed by atoms with Crippen molar-refractivity contribution in [3.05, 3.63) is 65.6 Å². The van der Waals surface area contributed by atoms with Crippen molar-refractivity contribution in [2.45, 2.75) is 31.9 Å². The van der Waals surface area contributed by atoms with E-state index in [1.807, 2.05) is 0 Å². The summed E-state index contributed by atoms with van der Waals surface area (Å²) in [5, 5.41) is 4.56. The summed E-state index contributed by atoms with van der Waals surface area (Å²) in [5.74, 6) is -0.480. The maximum absolute atomic E-state index is 13.2. The van der Waals surface area contributed by atoms with Gasteiger partial charge in [-0.2, -0.15) is 18.3 Å². The molecule has 0 unspecified atom stereocenters. The average molecular weight is 401 g/mol. The molecule has 2 aromatic heterocycles. The number of carbonyl (C=O) groups excluding carboxylic acids is 1. The quantitative estimate of drug-likeness (QED) is 0.564. The van der Waals surface area contributed by atoms with Crippen LogP contribution in [0.4, 0.5) is 13.2 Å². The van der Waals surface area contributed by atoms with Gasteiger partial charge in [0.25, 0.3) is 0 Å². The molecule has 1 fully saturated rings. The van der Waals surface area contributed by atoms with Gasteiger partial charge in [0.2, 0.25) is 0 Å². The molecule has 8 heteroatoms. The Bertz CT molecular complexity index is 1040. The van der Waals surface area contributed by atoms with E-state index in [0.717, 1.165) is 25.0 Å². The van der Waals surface area contributed by atoms with Crippen LogP contribution >= 0.6 is 0 Å². The number of hydrogen-bond donors (Lipinski definition) is 0. The van der Waals surface area contributed by atoms with Gasteiger partial charge in [0.15, 0.2) is 0 Å². The van der Waals surface area contributed by atoms with Gasteiger partial charge in [0, 0.05) is 23.9 Å². The molecule has 0 amide bonds. The lowest BCUT2D eigenvalue weighted by Crippen LogP contribution is -2.10. The lowest BCUT2D eigenvalue weighted by atomic mass is 10.0. The Morgan fingerprint density at radius 3 is 2.55 bits per heavy atom. The van der Waals surface area contributed by atoms with Crippen LogP contribution in [-0.4, -0.2) is 27.3 Å². The minimum Gasteiger partial charge on any atom is -0.462 e. The number of halogens is 3. The number of aromatic nitrogens is 3. The normalized spacial score (nSPS) is 14.1. The Morgan fingerprint density at radius 2 is 1.93 bits per heavy atom. The second kappa shape index (κ2) is 7.35. The molecule has 29 heavy (non-hydrogen) atoms. The standard InChI is InChI=1S/C21H18F3N3O2/c1-2-29-20(28)17-18(13-8-10-25-11-9-13)26-27(19(17)14-6-7-14)16-5-3-4-15(12-16)21(22,23)24/h3-5,8-12,14H,2,6-7H2,1H3.